The van der Waals surface area contributed by atoms with E-state index in [0.29, 0.717) is 12.5 Å². The van der Waals surface area contributed by atoms with E-state index in [2.05, 4.69) is 31.1 Å². The van der Waals surface area contributed by atoms with Crippen molar-refractivity contribution in [2.75, 3.05) is 13.2 Å². The normalized spacial score (nSPS) is 16.7. The minimum Gasteiger partial charge on any atom is -0.370 e. The molecule has 0 aromatic carbocycles. The van der Waals surface area contributed by atoms with E-state index in [0.717, 1.165) is 31.0 Å². The molecule has 100 valence electrons. The highest BCUT2D eigenvalue weighted by Crippen LogP contribution is 2.25. The summed E-state index contributed by atoms with van der Waals surface area (Å²) in [6, 6.07) is 0. The Balaban J connectivity index is 2.35. The molecule has 1 atom stereocenters. The van der Waals surface area contributed by atoms with Crippen molar-refractivity contribution in [3.05, 3.63) is 22.8 Å². The van der Waals surface area contributed by atoms with Crippen molar-refractivity contribution in [3.63, 3.8) is 0 Å². The van der Waals surface area contributed by atoms with Gasteiger partial charge in [0.05, 0.1) is 5.69 Å². The lowest BCUT2D eigenvalue weighted by Crippen LogP contribution is -2.27. The summed E-state index contributed by atoms with van der Waals surface area (Å²) in [5.41, 5.74) is 3.55. The van der Waals surface area contributed by atoms with E-state index < -0.39 is 0 Å². The fourth-order valence-corrected chi connectivity index (χ4v) is 2.41. The molecule has 2 heterocycles. The van der Waals surface area contributed by atoms with E-state index in [9.17, 15) is 0 Å². The second-order valence-corrected chi connectivity index (χ2v) is 5.14. The number of hydrogen-bond acceptors (Lipinski definition) is 4. The summed E-state index contributed by atoms with van der Waals surface area (Å²) in [6.45, 7) is 11.0. The summed E-state index contributed by atoms with van der Waals surface area (Å²) < 4.78 is 5.79. The number of fused-ring (bicyclic) bond motifs is 1. The van der Waals surface area contributed by atoms with E-state index in [4.69, 9.17) is 9.72 Å². The Morgan fingerprint density at radius 2 is 2.11 bits per heavy atom. The molecule has 0 saturated carbocycles. The Kier molecular flexibility index (Phi) is 4.30. The number of aromatic nitrogens is 2. The molecule has 0 spiro atoms. The van der Waals surface area contributed by atoms with Gasteiger partial charge >= 0.3 is 0 Å². The highest BCUT2D eigenvalue weighted by molar-refractivity contribution is 5.27. The maximum Gasteiger partial charge on any atom is 0.157 e. The molecule has 0 fully saturated rings. The first-order valence-corrected chi connectivity index (χ1v) is 6.82. The average Bonchev–Trinajstić information content (AvgIpc) is 2.35. The predicted octanol–water partition coefficient (Wildman–Crippen LogP) is 2.16. The van der Waals surface area contributed by atoms with Crippen LogP contribution in [-0.4, -0.2) is 23.1 Å². The molecule has 4 heteroatoms. The molecule has 0 amide bonds. The molecule has 1 aliphatic rings. The van der Waals surface area contributed by atoms with Crippen LogP contribution in [-0.2, 0) is 17.7 Å². The van der Waals surface area contributed by atoms with Crippen LogP contribution < -0.4 is 5.32 Å². The molecule has 0 radical (unpaired) electrons. The molecule has 1 unspecified atom stereocenters. The van der Waals surface area contributed by atoms with E-state index in [1.54, 1.807) is 0 Å². The Labute approximate surface area is 109 Å². The van der Waals surface area contributed by atoms with Gasteiger partial charge in [0.25, 0.3) is 0 Å². The summed E-state index contributed by atoms with van der Waals surface area (Å²) in [6.07, 6.45) is 0.997. The average molecular weight is 249 g/mol. The van der Waals surface area contributed by atoms with Gasteiger partial charge in [0, 0.05) is 37.4 Å². The van der Waals surface area contributed by atoms with Crippen LogP contribution in [0.15, 0.2) is 0 Å². The van der Waals surface area contributed by atoms with Crippen LogP contribution in [0.4, 0.5) is 0 Å². The maximum absolute atomic E-state index is 5.79. The molecule has 1 aliphatic heterocycles. The molecule has 18 heavy (non-hydrogen) atoms. The summed E-state index contributed by atoms with van der Waals surface area (Å²) in [5, 5.41) is 3.37. The summed E-state index contributed by atoms with van der Waals surface area (Å²) in [5.74, 6) is 1.24. The van der Waals surface area contributed by atoms with Gasteiger partial charge in [-0.2, -0.15) is 0 Å². The molecule has 1 aromatic heterocycles. The first-order valence-electron chi connectivity index (χ1n) is 6.82. The predicted molar refractivity (Wildman–Crippen MR) is 71.4 cm³/mol. The number of rotatable bonds is 4. The fraction of sp³-hybridized carbons (Fsp3) is 0.714. The third kappa shape index (κ3) is 2.70. The number of nitrogens with one attached hydrogen (secondary N) is 1. The van der Waals surface area contributed by atoms with Gasteiger partial charge in [-0.15, -0.1) is 0 Å². The molecule has 1 aromatic rings. The van der Waals surface area contributed by atoms with Gasteiger partial charge in [-0.05, 0) is 19.8 Å². The van der Waals surface area contributed by atoms with Gasteiger partial charge in [-0.1, -0.05) is 13.8 Å². The van der Waals surface area contributed by atoms with Crippen molar-refractivity contribution in [3.8, 4) is 0 Å². The fourth-order valence-electron chi connectivity index (χ4n) is 2.41. The Hall–Kier alpha value is -1.00. The Morgan fingerprint density at radius 3 is 2.78 bits per heavy atom. The standard InChI is InChI=1S/C14H23N3O/c1-5-18-13(9(2)3)14-16-10(4)11-8-15-7-6-12(11)17-14/h9,13,15H,5-8H2,1-4H3. The maximum atomic E-state index is 5.79. The van der Waals surface area contributed by atoms with Gasteiger partial charge in [-0.25, -0.2) is 9.97 Å². The van der Waals surface area contributed by atoms with Crippen LogP contribution in [0.1, 0.15) is 49.7 Å². The molecule has 0 bridgehead atoms. The minimum atomic E-state index is 0.00823. The van der Waals surface area contributed by atoms with Gasteiger partial charge < -0.3 is 10.1 Å². The van der Waals surface area contributed by atoms with Crippen LogP contribution >= 0.6 is 0 Å². The lowest BCUT2D eigenvalue weighted by molar-refractivity contribution is 0.0228. The first-order chi connectivity index (χ1) is 8.63. The number of ether oxygens (including phenoxy) is 1. The lowest BCUT2D eigenvalue weighted by atomic mass is 10.0. The monoisotopic (exact) mass is 249 g/mol. The summed E-state index contributed by atoms with van der Waals surface area (Å²) >= 11 is 0. The highest BCUT2D eigenvalue weighted by atomic mass is 16.5. The zero-order chi connectivity index (χ0) is 13.1. The zero-order valence-electron chi connectivity index (χ0n) is 11.8. The van der Waals surface area contributed by atoms with Crippen LogP contribution in [0, 0.1) is 12.8 Å². The molecule has 4 nitrogen and oxygen atoms in total. The molecule has 1 N–H and O–H groups in total. The molecule has 2 rings (SSSR count). The minimum absolute atomic E-state index is 0.00823. The number of aryl methyl sites for hydroxylation is 1. The van der Waals surface area contributed by atoms with Crippen molar-refractivity contribution in [1.29, 1.82) is 0 Å². The quantitative estimate of drug-likeness (QED) is 0.888. The topological polar surface area (TPSA) is 47.0 Å². The van der Waals surface area contributed by atoms with Crippen molar-refractivity contribution in [2.45, 2.75) is 46.8 Å². The SMILES string of the molecule is CCOC(c1nc(C)c2c(n1)CCNC2)C(C)C. The van der Waals surface area contributed by atoms with Crippen molar-refractivity contribution in [1.82, 2.24) is 15.3 Å². The third-order valence-electron chi connectivity index (χ3n) is 3.36. The molecular formula is C14H23N3O. The third-order valence-corrected chi connectivity index (χ3v) is 3.36. The van der Waals surface area contributed by atoms with Crippen LogP contribution in [0.3, 0.4) is 0 Å². The Bertz CT molecular complexity index is 418. The highest BCUT2D eigenvalue weighted by Gasteiger charge is 2.22. The van der Waals surface area contributed by atoms with Crippen LogP contribution in [0.5, 0.6) is 0 Å². The van der Waals surface area contributed by atoms with E-state index in [1.807, 2.05) is 6.92 Å². The largest absolute Gasteiger partial charge is 0.370 e. The lowest BCUT2D eigenvalue weighted by Gasteiger charge is -2.23. The van der Waals surface area contributed by atoms with Gasteiger partial charge in [-0.3, -0.25) is 0 Å². The smallest absolute Gasteiger partial charge is 0.157 e. The van der Waals surface area contributed by atoms with Crippen LogP contribution in [0.25, 0.3) is 0 Å². The van der Waals surface area contributed by atoms with Gasteiger partial charge in [0.1, 0.15) is 6.10 Å². The van der Waals surface area contributed by atoms with Crippen LogP contribution in [0.2, 0.25) is 0 Å². The van der Waals surface area contributed by atoms with Gasteiger partial charge in [0.15, 0.2) is 5.82 Å². The van der Waals surface area contributed by atoms with E-state index >= 15 is 0 Å². The molecular weight excluding hydrogens is 226 g/mol. The second kappa shape index (κ2) is 5.76. The second-order valence-electron chi connectivity index (χ2n) is 5.14. The van der Waals surface area contributed by atoms with Crippen molar-refractivity contribution >= 4 is 0 Å². The van der Waals surface area contributed by atoms with Crippen molar-refractivity contribution < 1.29 is 4.74 Å². The number of nitrogens with zero attached hydrogens (tertiary/aromatic N) is 2. The van der Waals surface area contributed by atoms with Gasteiger partial charge in [0.2, 0.25) is 0 Å². The zero-order valence-corrected chi connectivity index (χ0v) is 11.8. The summed E-state index contributed by atoms with van der Waals surface area (Å²) in [4.78, 5) is 9.39. The van der Waals surface area contributed by atoms with E-state index in [-0.39, 0.29) is 6.10 Å². The Morgan fingerprint density at radius 1 is 1.33 bits per heavy atom. The molecule has 0 aliphatic carbocycles. The van der Waals surface area contributed by atoms with E-state index in [1.165, 1.54) is 11.3 Å². The van der Waals surface area contributed by atoms with Crippen molar-refractivity contribution in [2.24, 2.45) is 5.92 Å². The summed E-state index contributed by atoms with van der Waals surface area (Å²) in [7, 11) is 0. The first kappa shape index (κ1) is 13.4. The number of hydrogen-bond donors (Lipinski definition) is 1. The molecule has 0 saturated heterocycles.